The Hall–Kier alpha value is -2.16. The number of likely N-dealkylation sites (N-methyl/N-ethyl adjacent to an activating group) is 2. The number of halogens is 2. The molecule has 0 spiro atoms. The molecular formula is C18H23ClFN3O3S. The van der Waals surface area contributed by atoms with Crippen LogP contribution in [0.4, 0.5) is 10.1 Å². The summed E-state index contributed by atoms with van der Waals surface area (Å²) in [5.41, 5.74) is 0.708. The van der Waals surface area contributed by atoms with Gasteiger partial charge in [-0.2, -0.15) is 0 Å². The third-order valence-electron chi connectivity index (χ3n) is 3.87. The molecule has 0 unspecified atom stereocenters. The van der Waals surface area contributed by atoms with Gasteiger partial charge in [0.1, 0.15) is 5.82 Å². The van der Waals surface area contributed by atoms with Crippen LogP contribution in [-0.4, -0.2) is 46.4 Å². The molecule has 27 heavy (non-hydrogen) atoms. The van der Waals surface area contributed by atoms with Crippen molar-refractivity contribution in [3.05, 3.63) is 59.4 Å². The number of nitrogens with zero attached hydrogens (tertiary/aromatic N) is 1. The molecule has 1 amide bonds. The summed E-state index contributed by atoms with van der Waals surface area (Å²) in [6.07, 6.45) is 0. The molecule has 2 N–H and O–H groups in total. The number of amides is 1. The van der Waals surface area contributed by atoms with Crippen LogP contribution in [0.3, 0.4) is 0 Å². The number of hydrogen-bond acceptors (Lipinski definition) is 4. The van der Waals surface area contributed by atoms with E-state index in [4.69, 9.17) is 0 Å². The average Bonchev–Trinajstić information content (AvgIpc) is 2.58. The van der Waals surface area contributed by atoms with Gasteiger partial charge in [-0.1, -0.05) is 12.1 Å². The Balaban J connectivity index is 0.00000364. The normalized spacial score (nSPS) is 10.8. The lowest BCUT2D eigenvalue weighted by Crippen LogP contribution is -2.33. The van der Waals surface area contributed by atoms with Gasteiger partial charge in [-0.15, -0.1) is 12.4 Å². The average molecular weight is 416 g/mol. The first kappa shape index (κ1) is 22.9. The first-order chi connectivity index (χ1) is 12.3. The minimum Gasteiger partial charge on any atom is -0.340 e. The number of benzene rings is 2. The summed E-state index contributed by atoms with van der Waals surface area (Å²) in [6, 6.07) is 9.83. The number of sulfonamides is 1. The van der Waals surface area contributed by atoms with Gasteiger partial charge < -0.3 is 10.2 Å². The Morgan fingerprint density at radius 2 is 1.85 bits per heavy atom. The van der Waals surface area contributed by atoms with Gasteiger partial charge in [-0.25, -0.2) is 12.8 Å². The lowest BCUT2D eigenvalue weighted by Gasteiger charge is -2.19. The monoisotopic (exact) mass is 415 g/mol. The van der Waals surface area contributed by atoms with E-state index in [1.165, 1.54) is 24.0 Å². The van der Waals surface area contributed by atoms with Crippen LogP contribution in [0.15, 0.2) is 47.4 Å². The molecule has 0 aromatic heterocycles. The summed E-state index contributed by atoms with van der Waals surface area (Å²) in [7, 11) is -0.528. The van der Waals surface area contributed by atoms with Gasteiger partial charge in [-0.3, -0.25) is 9.52 Å². The maximum Gasteiger partial charge on any atom is 0.262 e. The fourth-order valence-corrected chi connectivity index (χ4v) is 3.77. The molecule has 0 radical (unpaired) electrons. The highest BCUT2D eigenvalue weighted by atomic mass is 35.5. The number of para-hydroxylation sites is 1. The third kappa shape index (κ3) is 5.66. The van der Waals surface area contributed by atoms with Crippen molar-refractivity contribution >= 4 is 34.0 Å². The molecule has 0 aliphatic rings. The van der Waals surface area contributed by atoms with Crippen molar-refractivity contribution in [2.24, 2.45) is 0 Å². The molecular weight excluding hydrogens is 393 g/mol. The van der Waals surface area contributed by atoms with Gasteiger partial charge in [-0.05, 0) is 49.9 Å². The van der Waals surface area contributed by atoms with Crippen molar-refractivity contribution in [2.45, 2.75) is 11.8 Å². The number of anilines is 1. The largest absolute Gasteiger partial charge is 0.340 e. The van der Waals surface area contributed by atoms with Gasteiger partial charge in [0.15, 0.2) is 0 Å². The number of carbonyl (C=O) groups is 1. The highest BCUT2D eigenvalue weighted by Gasteiger charge is 2.21. The number of nitrogens with one attached hydrogen (secondary N) is 2. The first-order valence-electron chi connectivity index (χ1n) is 8.04. The molecule has 0 aliphatic carbocycles. The zero-order chi connectivity index (χ0) is 19.3. The van der Waals surface area contributed by atoms with E-state index in [1.54, 1.807) is 32.3 Å². The molecule has 2 aromatic rings. The Morgan fingerprint density at radius 3 is 2.48 bits per heavy atom. The summed E-state index contributed by atoms with van der Waals surface area (Å²) in [6.45, 7) is 2.61. The van der Waals surface area contributed by atoms with Crippen molar-refractivity contribution in [2.75, 3.05) is 31.9 Å². The second kappa shape index (κ2) is 9.68. The first-order valence-corrected chi connectivity index (χ1v) is 9.52. The zero-order valence-electron chi connectivity index (χ0n) is 15.3. The van der Waals surface area contributed by atoms with E-state index < -0.39 is 15.8 Å². The van der Waals surface area contributed by atoms with Gasteiger partial charge in [0, 0.05) is 20.1 Å². The predicted octanol–water partition coefficient (Wildman–Crippen LogP) is 2.65. The molecule has 0 heterocycles. The molecule has 0 atom stereocenters. The SMILES string of the molecule is CNCCN(C)C(=O)c1ccccc1NS(=O)(=O)c1ccc(F)cc1C.Cl. The minimum atomic E-state index is -3.96. The molecule has 0 fully saturated rings. The molecule has 9 heteroatoms. The molecule has 2 aromatic carbocycles. The van der Waals surface area contributed by atoms with E-state index in [0.717, 1.165) is 12.1 Å². The van der Waals surface area contributed by atoms with E-state index in [-0.39, 0.29) is 40.0 Å². The highest BCUT2D eigenvalue weighted by Crippen LogP contribution is 2.23. The minimum absolute atomic E-state index is 0. The zero-order valence-corrected chi connectivity index (χ0v) is 17.0. The van der Waals surface area contributed by atoms with Crippen LogP contribution in [0.25, 0.3) is 0 Å². The number of carbonyl (C=O) groups excluding carboxylic acids is 1. The highest BCUT2D eigenvalue weighted by molar-refractivity contribution is 7.92. The number of hydrogen-bond donors (Lipinski definition) is 2. The summed E-state index contributed by atoms with van der Waals surface area (Å²) < 4.78 is 41.1. The van der Waals surface area contributed by atoms with E-state index in [2.05, 4.69) is 10.0 Å². The van der Waals surface area contributed by atoms with E-state index in [0.29, 0.717) is 13.1 Å². The Labute approximate surface area is 165 Å². The summed E-state index contributed by atoms with van der Waals surface area (Å²) in [5.74, 6) is -0.808. The molecule has 0 bridgehead atoms. The standard InChI is InChI=1S/C18H22FN3O3S.ClH/c1-13-12-14(19)8-9-17(13)26(24,25)21-16-7-5-4-6-15(16)18(23)22(3)11-10-20-2;/h4-9,12,20-21H,10-11H2,1-3H3;1H. The van der Waals surface area contributed by atoms with Crippen molar-refractivity contribution in [3.8, 4) is 0 Å². The summed E-state index contributed by atoms with van der Waals surface area (Å²) >= 11 is 0. The van der Waals surface area contributed by atoms with Gasteiger partial charge in [0.25, 0.3) is 15.9 Å². The van der Waals surface area contributed by atoms with Gasteiger partial charge in [0.2, 0.25) is 0 Å². The second-order valence-electron chi connectivity index (χ2n) is 5.89. The lowest BCUT2D eigenvalue weighted by atomic mass is 10.1. The van der Waals surface area contributed by atoms with Crippen LogP contribution < -0.4 is 10.0 Å². The fourth-order valence-electron chi connectivity index (χ4n) is 2.46. The van der Waals surface area contributed by atoms with Gasteiger partial charge >= 0.3 is 0 Å². The summed E-state index contributed by atoms with van der Waals surface area (Å²) in [5, 5.41) is 2.95. The van der Waals surface area contributed by atoms with Crippen LogP contribution in [0.5, 0.6) is 0 Å². The Bertz CT molecular complexity index is 906. The summed E-state index contributed by atoms with van der Waals surface area (Å²) in [4.78, 5) is 14.1. The van der Waals surface area contributed by atoms with Crippen LogP contribution in [0.2, 0.25) is 0 Å². The van der Waals surface area contributed by atoms with Crippen molar-refractivity contribution < 1.29 is 17.6 Å². The molecule has 0 saturated carbocycles. The third-order valence-corrected chi connectivity index (χ3v) is 5.40. The maximum atomic E-state index is 13.3. The van der Waals surface area contributed by atoms with E-state index in [9.17, 15) is 17.6 Å². The van der Waals surface area contributed by atoms with Crippen LogP contribution >= 0.6 is 12.4 Å². The number of rotatable bonds is 7. The molecule has 0 aliphatic heterocycles. The van der Waals surface area contributed by atoms with Crippen molar-refractivity contribution in [1.29, 1.82) is 0 Å². The number of aryl methyl sites for hydroxylation is 1. The Morgan fingerprint density at radius 1 is 1.19 bits per heavy atom. The van der Waals surface area contributed by atoms with Crippen LogP contribution in [0.1, 0.15) is 15.9 Å². The van der Waals surface area contributed by atoms with Crippen LogP contribution in [-0.2, 0) is 10.0 Å². The second-order valence-corrected chi connectivity index (χ2v) is 7.54. The fraction of sp³-hybridized carbons (Fsp3) is 0.278. The van der Waals surface area contributed by atoms with E-state index >= 15 is 0 Å². The molecule has 2 rings (SSSR count). The van der Waals surface area contributed by atoms with E-state index in [1.807, 2.05) is 0 Å². The Kier molecular flexibility index (Phi) is 8.20. The van der Waals surface area contributed by atoms with Crippen molar-refractivity contribution in [3.63, 3.8) is 0 Å². The quantitative estimate of drug-likeness (QED) is 0.728. The molecule has 0 saturated heterocycles. The van der Waals surface area contributed by atoms with Crippen molar-refractivity contribution in [1.82, 2.24) is 10.2 Å². The molecule has 148 valence electrons. The topological polar surface area (TPSA) is 78.5 Å². The predicted molar refractivity (Wildman–Crippen MR) is 107 cm³/mol. The van der Waals surface area contributed by atoms with Crippen LogP contribution in [0, 0.1) is 12.7 Å². The lowest BCUT2D eigenvalue weighted by molar-refractivity contribution is 0.0798. The molecule has 6 nitrogen and oxygen atoms in total. The maximum absolute atomic E-state index is 13.3. The van der Waals surface area contributed by atoms with Gasteiger partial charge in [0.05, 0.1) is 16.1 Å². The smallest absolute Gasteiger partial charge is 0.262 e.